The van der Waals surface area contributed by atoms with Crippen LogP contribution in [-0.4, -0.2) is 41.6 Å². The zero-order valence-electron chi connectivity index (χ0n) is 16.2. The summed E-state index contributed by atoms with van der Waals surface area (Å²) in [4.78, 5) is 23.2. The molecule has 3 N–H and O–H groups in total. The van der Waals surface area contributed by atoms with Gasteiger partial charge in [0.2, 0.25) is 5.91 Å². The number of rotatable bonds is 4. The Labute approximate surface area is 183 Å². The maximum absolute atomic E-state index is 15.4. The zero-order valence-corrected chi connectivity index (χ0v) is 17.0. The lowest BCUT2D eigenvalue weighted by atomic mass is 9.98. The van der Waals surface area contributed by atoms with Crippen molar-refractivity contribution in [2.75, 3.05) is 5.32 Å². The van der Waals surface area contributed by atoms with Crippen LogP contribution in [0.3, 0.4) is 0 Å². The molecule has 1 saturated carbocycles. The summed E-state index contributed by atoms with van der Waals surface area (Å²) in [6.07, 6.45) is 7.05. The van der Waals surface area contributed by atoms with Crippen LogP contribution in [0.5, 0.6) is 0 Å². The number of carbonyl (C=O) groups is 1. The molecule has 0 unspecified atom stereocenters. The molecular weight excluding hydrogens is 440 g/mol. The largest absolute Gasteiger partial charge is 0.344 e. The van der Waals surface area contributed by atoms with Crippen molar-refractivity contribution in [3.8, 4) is 22.4 Å². The number of amides is 1. The molecule has 0 saturated heterocycles. The summed E-state index contributed by atoms with van der Waals surface area (Å²) in [6, 6.07) is 3.48. The van der Waals surface area contributed by atoms with Gasteiger partial charge in [0.05, 0.1) is 52.6 Å². The molecule has 5 aromatic rings. The average molecular weight is 454 g/mol. The molecule has 1 aliphatic carbocycles. The number of imidazole rings is 2. The van der Waals surface area contributed by atoms with Crippen molar-refractivity contribution in [3.05, 3.63) is 54.1 Å². The van der Waals surface area contributed by atoms with E-state index in [-0.39, 0.29) is 22.9 Å². The number of aromatic amines is 2. The summed E-state index contributed by atoms with van der Waals surface area (Å²) >= 11 is 6.50. The SMILES string of the molecule is O=C(Nc1cn2cc(-c3c(Cl)c(F)c(-c4cnc[nH]4)c4[nH]ncc34)ccc2n1)[C@@H]1C[C@@H]1F. The molecule has 1 aliphatic rings. The van der Waals surface area contributed by atoms with E-state index >= 15 is 4.39 Å². The number of aromatic nitrogens is 6. The molecule has 0 bridgehead atoms. The first-order valence-electron chi connectivity index (χ1n) is 9.78. The van der Waals surface area contributed by atoms with E-state index in [2.05, 4.69) is 30.5 Å². The molecule has 11 heteroatoms. The quantitative estimate of drug-likeness (QED) is 0.376. The Morgan fingerprint density at radius 2 is 2.09 bits per heavy atom. The van der Waals surface area contributed by atoms with E-state index in [1.54, 1.807) is 35.1 Å². The topological polar surface area (TPSA) is 104 Å². The standard InChI is InChI=1S/C21H14ClF2N7O/c22-18-16(11-4-27-30-20(11)17(19(18)24)13-5-25-8-26-13)9-1-2-15-28-14(7-31(15)6-9)29-21(32)10-3-12(10)23/h1-2,4-8,10,12H,3H2,(H,25,26)(H,27,30)(H,29,32)/t10-,12+/m1/s1. The van der Waals surface area contributed by atoms with Crippen LogP contribution in [0.2, 0.25) is 5.02 Å². The molecular formula is C21H14ClF2N7O. The number of halogens is 3. The fourth-order valence-corrected chi connectivity index (χ4v) is 4.20. The van der Waals surface area contributed by atoms with Crippen LogP contribution >= 0.6 is 11.6 Å². The van der Waals surface area contributed by atoms with E-state index in [4.69, 9.17) is 11.6 Å². The minimum absolute atomic E-state index is 0.0563. The molecule has 4 heterocycles. The zero-order chi connectivity index (χ0) is 22.0. The first-order chi connectivity index (χ1) is 15.5. The lowest BCUT2D eigenvalue weighted by Crippen LogP contribution is -2.15. The Hall–Kier alpha value is -3.79. The molecule has 160 valence electrons. The van der Waals surface area contributed by atoms with Gasteiger partial charge in [-0.25, -0.2) is 18.7 Å². The van der Waals surface area contributed by atoms with Gasteiger partial charge in [0.15, 0.2) is 11.6 Å². The maximum Gasteiger partial charge on any atom is 0.231 e. The minimum atomic E-state index is -1.09. The smallest absolute Gasteiger partial charge is 0.231 e. The van der Waals surface area contributed by atoms with Crippen LogP contribution in [0.4, 0.5) is 14.6 Å². The number of alkyl halides is 1. The number of nitrogens with zero attached hydrogens (tertiary/aromatic N) is 4. The lowest BCUT2D eigenvalue weighted by molar-refractivity contribution is -0.117. The number of pyridine rings is 1. The first-order valence-corrected chi connectivity index (χ1v) is 10.2. The van der Waals surface area contributed by atoms with E-state index in [0.29, 0.717) is 39.2 Å². The van der Waals surface area contributed by atoms with Crippen molar-refractivity contribution in [2.45, 2.75) is 12.6 Å². The highest BCUT2D eigenvalue weighted by molar-refractivity contribution is 6.36. The Bertz CT molecular complexity index is 1510. The second kappa shape index (κ2) is 6.86. The van der Waals surface area contributed by atoms with E-state index in [0.717, 1.165) is 0 Å². The van der Waals surface area contributed by atoms with Crippen molar-refractivity contribution < 1.29 is 13.6 Å². The molecule has 1 fully saturated rings. The normalized spacial score (nSPS) is 17.8. The molecule has 0 spiro atoms. The predicted octanol–water partition coefficient (Wildman–Crippen LogP) is 4.36. The third-order valence-electron chi connectivity index (χ3n) is 5.60. The van der Waals surface area contributed by atoms with Gasteiger partial charge in [0.1, 0.15) is 11.8 Å². The van der Waals surface area contributed by atoms with Crippen molar-refractivity contribution in [3.63, 3.8) is 0 Å². The molecule has 2 atom stereocenters. The second-order valence-corrected chi connectivity index (χ2v) is 8.04. The Kier molecular flexibility index (Phi) is 4.06. The lowest BCUT2D eigenvalue weighted by Gasteiger charge is -2.12. The van der Waals surface area contributed by atoms with Crippen LogP contribution in [0.15, 0.2) is 43.2 Å². The van der Waals surface area contributed by atoms with Gasteiger partial charge in [-0.3, -0.25) is 9.89 Å². The third kappa shape index (κ3) is 2.87. The summed E-state index contributed by atoms with van der Waals surface area (Å²) in [5.74, 6) is -1.29. The van der Waals surface area contributed by atoms with Gasteiger partial charge in [-0.15, -0.1) is 0 Å². The van der Waals surface area contributed by atoms with Gasteiger partial charge in [-0.2, -0.15) is 5.10 Å². The number of carbonyl (C=O) groups excluding carboxylic acids is 1. The van der Waals surface area contributed by atoms with E-state index in [1.807, 2.05) is 0 Å². The van der Waals surface area contributed by atoms with Crippen molar-refractivity contribution in [2.24, 2.45) is 5.92 Å². The number of fused-ring (bicyclic) bond motifs is 2. The second-order valence-electron chi connectivity index (χ2n) is 7.66. The monoisotopic (exact) mass is 453 g/mol. The van der Waals surface area contributed by atoms with Gasteiger partial charge < -0.3 is 14.7 Å². The van der Waals surface area contributed by atoms with Crippen molar-refractivity contribution in [1.82, 2.24) is 29.5 Å². The van der Waals surface area contributed by atoms with Gasteiger partial charge in [-0.1, -0.05) is 11.6 Å². The number of anilines is 1. The summed E-state index contributed by atoms with van der Waals surface area (Å²) in [5.41, 5.74) is 2.87. The van der Waals surface area contributed by atoms with Crippen molar-refractivity contribution >= 4 is 39.9 Å². The molecule has 6 rings (SSSR count). The molecule has 8 nitrogen and oxygen atoms in total. The number of hydrogen-bond acceptors (Lipinski definition) is 4. The minimum Gasteiger partial charge on any atom is -0.344 e. The van der Waals surface area contributed by atoms with Crippen LogP contribution in [0.25, 0.3) is 38.9 Å². The Morgan fingerprint density at radius 1 is 1.25 bits per heavy atom. The Morgan fingerprint density at radius 3 is 2.84 bits per heavy atom. The van der Waals surface area contributed by atoms with Crippen LogP contribution in [-0.2, 0) is 4.79 Å². The van der Waals surface area contributed by atoms with Crippen LogP contribution in [0, 0.1) is 11.7 Å². The summed E-state index contributed by atoms with van der Waals surface area (Å²) in [6.45, 7) is 0. The van der Waals surface area contributed by atoms with Gasteiger partial charge in [0, 0.05) is 22.7 Å². The molecule has 1 amide bonds. The highest BCUT2D eigenvalue weighted by Gasteiger charge is 2.43. The van der Waals surface area contributed by atoms with E-state index in [9.17, 15) is 9.18 Å². The fraction of sp³-hybridized carbons (Fsp3) is 0.143. The molecule has 4 aromatic heterocycles. The average Bonchev–Trinajstić information content (AvgIpc) is 3.21. The highest BCUT2D eigenvalue weighted by Crippen LogP contribution is 2.42. The van der Waals surface area contributed by atoms with Crippen molar-refractivity contribution in [1.29, 1.82) is 0 Å². The first kappa shape index (κ1) is 18.9. The molecule has 0 radical (unpaired) electrons. The highest BCUT2D eigenvalue weighted by atomic mass is 35.5. The molecule has 1 aromatic carbocycles. The Balaban J connectivity index is 1.45. The summed E-state index contributed by atoms with van der Waals surface area (Å²) < 4.78 is 30.2. The predicted molar refractivity (Wildman–Crippen MR) is 114 cm³/mol. The maximum atomic E-state index is 15.4. The van der Waals surface area contributed by atoms with Crippen LogP contribution in [0.1, 0.15) is 6.42 Å². The summed E-state index contributed by atoms with van der Waals surface area (Å²) in [7, 11) is 0. The number of H-pyrrole nitrogens is 2. The van der Waals surface area contributed by atoms with E-state index < -0.39 is 17.9 Å². The number of nitrogens with one attached hydrogen (secondary N) is 3. The summed E-state index contributed by atoms with van der Waals surface area (Å²) in [5, 5.41) is 10.1. The third-order valence-corrected chi connectivity index (χ3v) is 5.95. The van der Waals surface area contributed by atoms with Crippen LogP contribution < -0.4 is 5.32 Å². The molecule has 32 heavy (non-hydrogen) atoms. The van der Waals surface area contributed by atoms with Gasteiger partial charge in [-0.05, 0) is 18.6 Å². The fourth-order valence-electron chi connectivity index (χ4n) is 3.90. The van der Waals surface area contributed by atoms with Gasteiger partial charge >= 0.3 is 0 Å². The number of hydrogen-bond donors (Lipinski definition) is 3. The molecule has 0 aliphatic heterocycles. The van der Waals surface area contributed by atoms with Gasteiger partial charge in [0.25, 0.3) is 0 Å². The number of benzene rings is 1. The van der Waals surface area contributed by atoms with E-state index in [1.165, 1.54) is 12.5 Å².